The molecule has 1 aromatic carbocycles. The largest absolute Gasteiger partial charge is 0.334 e. The monoisotopic (exact) mass is 346 g/mol. The van der Waals surface area contributed by atoms with E-state index in [1.54, 1.807) is 18.3 Å². The van der Waals surface area contributed by atoms with Crippen LogP contribution in [0, 0.1) is 6.92 Å². The molecular formula is C17H19BrN2O. The van der Waals surface area contributed by atoms with Gasteiger partial charge < -0.3 is 4.90 Å². The minimum atomic E-state index is 0.0422. The molecule has 1 amide bonds. The summed E-state index contributed by atoms with van der Waals surface area (Å²) in [5, 5.41) is 0. The summed E-state index contributed by atoms with van der Waals surface area (Å²) in [6.07, 6.45) is 2.58. The van der Waals surface area contributed by atoms with Crippen LogP contribution in [-0.4, -0.2) is 22.3 Å². The Kier molecular flexibility index (Phi) is 5.51. The second-order valence-corrected chi connectivity index (χ2v) is 5.89. The Bertz CT molecular complexity index is 610. The van der Waals surface area contributed by atoms with Crippen molar-refractivity contribution in [2.75, 3.05) is 6.54 Å². The molecule has 2 aromatic rings. The number of pyridine rings is 1. The van der Waals surface area contributed by atoms with Crippen molar-refractivity contribution in [3.8, 4) is 0 Å². The maximum Gasteiger partial charge on any atom is 0.254 e. The van der Waals surface area contributed by atoms with Crippen molar-refractivity contribution in [1.29, 1.82) is 0 Å². The second-order valence-electron chi connectivity index (χ2n) is 5.08. The van der Waals surface area contributed by atoms with Gasteiger partial charge in [0.15, 0.2) is 0 Å². The highest BCUT2D eigenvalue weighted by atomic mass is 79.9. The molecule has 0 spiro atoms. The minimum Gasteiger partial charge on any atom is -0.334 e. The highest BCUT2D eigenvalue weighted by Crippen LogP contribution is 2.14. The predicted octanol–water partition coefficient (Wildman–Crippen LogP) is 4.20. The number of halogens is 1. The summed E-state index contributed by atoms with van der Waals surface area (Å²) in [6.45, 7) is 5.52. The summed E-state index contributed by atoms with van der Waals surface area (Å²) in [5.74, 6) is 0.0422. The van der Waals surface area contributed by atoms with E-state index in [1.807, 2.05) is 4.90 Å². The standard InChI is InChI=1S/C17H19BrN2O/c1-3-10-20(12-14-6-4-13(2)5-7-14)17(21)15-8-9-19-16(18)11-15/h4-9,11H,3,10,12H2,1-2H3. The molecule has 0 N–H and O–H groups in total. The molecule has 0 atom stereocenters. The molecule has 1 heterocycles. The summed E-state index contributed by atoms with van der Waals surface area (Å²) in [6, 6.07) is 11.8. The fourth-order valence-corrected chi connectivity index (χ4v) is 2.52. The molecule has 0 aliphatic carbocycles. The van der Waals surface area contributed by atoms with Crippen molar-refractivity contribution in [3.63, 3.8) is 0 Å². The first kappa shape index (κ1) is 15.7. The van der Waals surface area contributed by atoms with Crippen LogP contribution in [0.1, 0.15) is 34.8 Å². The summed E-state index contributed by atoms with van der Waals surface area (Å²) < 4.78 is 0.681. The average Bonchev–Trinajstić information content (AvgIpc) is 2.48. The lowest BCUT2D eigenvalue weighted by Gasteiger charge is -2.22. The number of benzene rings is 1. The van der Waals surface area contributed by atoms with Gasteiger partial charge in [-0.15, -0.1) is 0 Å². The van der Waals surface area contributed by atoms with Crippen molar-refractivity contribution in [3.05, 3.63) is 63.9 Å². The van der Waals surface area contributed by atoms with E-state index >= 15 is 0 Å². The Balaban J connectivity index is 2.18. The fourth-order valence-electron chi connectivity index (χ4n) is 2.15. The maximum absolute atomic E-state index is 12.6. The Labute approximate surface area is 134 Å². The van der Waals surface area contributed by atoms with E-state index in [2.05, 4.69) is 59.0 Å². The molecule has 0 bridgehead atoms. The number of carbonyl (C=O) groups is 1. The fraction of sp³-hybridized carbons (Fsp3) is 0.294. The van der Waals surface area contributed by atoms with Crippen LogP contribution in [0.5, 0.6) is 0 Å². The molecule has 0 unspecified atom stereocenters. The lowest BCUT2D eigenvalue weighted by atomic mass is 10.1. The topological polar surface area (TPSA) is 33.2 Å². The molecule has 1 aromatic heterocycles. The van der Waals surface area contributed by atoms with E-state index < -0.39 is 0 Å². The lowest BCUT2D eigenvalue weighted by molar-refractivity contribution is 0.0743. The second kappa shape index (κ2) is 7.36. The summed E-state index contributed by atoms with van der Waals surface area (Å²) in [5.41, 5.74) is 3.04. The van der Waals surface area contributed by atoms with E-state index in [-0.39, 0.29) is 5.91 Å². The zero-order chi connectivity index (χ0) is 15.2. The van der Waals surface area contributed by atoms with Crippen LogP contribution in [-0.2, 0) is 6.54 Å². The van der Waals surface area contributed by atoms with Gasteiger partial charge >= 0.3 is 0 Å². The van der Waals surface area contributed by atoms with Gasteiger partial charge in [-0.05, 0) is 47.0 Å². The highest BCUT2D eigenvalue weighted by molar-refractivity contribution is 9.10. The third-order valence-corrected chi connectivity index (χ3v) is 3.68. The molecule has 0 aliphatic heterocycles. The summed E-state index contributed by atoms with van der Waals surface area (Å²) in [7, 11) is 0. The van der Waals surface area contributed by atoms with Gasteiger partial charge in [0.05, 0.1) is 0 Å². The highest BCUT2D eigenvalue weighted by Gasteiger charge is 2.15. The van der Waals surface area contributed by atoms with E-state index in [4.69, 9.17) is 0 Å². The van der Waals surface area contributed by atoms with E-state index in [9.17, 15) is 4.79 Å². The van der Waals surface area contributed by atoms with Crippen LogP contribution in [0.3, 0.4) is 0 Å². The van der Waals surface area contributed by atoms with Gasteiger partial charge in [-0.2, -0.15) is 0 Å². The van der Waals surface area contributed by atoms with Crippen molar-refractivity contribution < 1.29 is 4.79 Å². The van der Waals surface area contributed by atoms with Crippen molar-refractivity contribution in [1.82, 2.24) is 9.88 Å². The van der Waals surface area contributed by atoms with Crippen LogP contribution in [0.15, 0.2) is 47.2 Å². The smallest absolute Gasteiger partial charge is 0.254 e. The average molecular weight is 347 g/mol. The normalized spacial score (nSPS) is 10.4. The summed E-state index contributed by atoms with van der Waals surface area (Å²) >= 11 is 3.31. The van der Waals surface area contributed by atoms with Crippen LogP contribution in [0.2, 0.25) is 0 Å². The Morgan fingerprint density at radius 3 is 2.57 bits per heavy atom. The van der Waals surface area contributed by atoms with Gasteiger partial charge in [-0.25, -0.2) is 4.98 Å². The number of amides is 1. The van der Waals surface area contributed by atoms with Crippen LogP contribution in [0.4, 0.5) is 0 Å². The molecular weight excluding hydrogens is 328 g/mol. The summed E-state index contributed by atoms with van der Waals surface area (Å²) in [4.78, 5) is 18.6. The first-order valence-electron chi connectivity index (χ1n) is 7.06. The molecule has 0 saturated heterocycles. The third kappa shape index (κ3) is 4.39. The molecule has 3 nitrogen and oxygen atoms in total. The number of carbonyl (C=O) groups excluding carboxylic acids is 1. The van der Waals surface area contributed by atoms with Gasteiger partial charge in [-0.3, -0.25) is 4.79 Å². The first-order valence-corrected chi connectivity index (χ1v) is 7.86. The first-order chi connectivity index (χ1) is 10.1. The van der Waals surface area contributed by atoms with E-state index in [0.717, 1.165) is 18.5 Å². The molecule has 0 fully saturated rings. The molecule has 110 valence electrons. The zero-order valence-electron chi connectivity index (χ0n) is 12.3. The van der Waals surface area contributed by atoms with Gasteiger partial charge in [0, 0.05) is 24.8 Å². The number of aryl methyl sites for hydroxylation is 1. The molecule has 0 radical (unpaired) electrons. The molecule has 4 heteroatoms. The third-order valence-electron chi connectivity index (χ3n) is 3.25. The predicted molar refractivity (Wildman–Crippen MR) is 88.1 cm³/mol. The maximum atomic E-state index is 12.6. The van der Waals surface area contributed by atoms with Gasteiger partial charge in [-0.1, -0.05) is 36.8 Å². The molecule has 0 aliphatic rings. The Morgan fingerprint density at radius 2 is 1.95 bits per heavy atom. The zero-order valence-corrected chi connectivity index (χ0v) is 13.9. The van der Waals surface area contributed by atoms with Crippen LogP contribution >= 0.6 is 15.9 Å². The Morgan fingerprint density at radius 1 is 1.24 bits per heavy atom. The number of hydrogen-bond donors (Lipinski definition) is 0. The minimum absolute atomic E-state index is 0.0422. The number of hydrogen-bond acceptors (Lipinski definition) is 2. The van der Waals surface area contributed by atoms with Crippen molar-refractivity contribution in [2.24, 2.45) is 0 Å². The molecule has 0 saturated carbocycles. The SMILES string of the molecule is CCCN(Cc1ccc(C)cc1)C(=O)c1ccnc(Br)c1. The number of aromatic nitrogens is 1. The Hall–Kier alpha value is -1.68. The van der Waals surface area contributed by atoms with E-state index in [0.29, 0.717) is 16.7 Å². The van der Waals surface area contributed by atoms with Crippen LogP contribution in [0.25, 0.3) is 0 Å². The van der Waals surface area contributed by atoms with Crippen LogP contribution < -0.4 is 0 Å². The number of nitrogens with zero attached hydrogens (tertiary/aromatic N) is 2. The van der Waals surface area contributed by atoms with Crippen molar-refractivity contribution >= 4 is 21.8 Å². The molecule has 21 heavy (non-hydrogen) atoms. The quantitative estimate of drug-likeness (QED) is 0.760. The van der Waals surface area contributed by atoms with Gasteiger partial charge in [0.1, 0.15) is 4.60 Å². The van der Waals surface area contributed by atoms with E-state index in [1.165, 1.54) is 5.56 Å². The van der Waals surface area contributed by atoms with Crippen molar-refractivity contribution in [2.45, 2.75) is 26.8 Å². The lowest BCUT2D eigenvalue weighted by Crippen LogP contribution is -2.31. The van der Waals surface area contributed by atoms with Gasteiger partial charge in [0.2, 0.25) is 0 Å². The van der Waals surface area contributed by atoms with Gasteiger partial charge in [0.25, 0.3) is 5.91 Å². The molecule has 2 rings (SSSR count). The number of rotatable bonds is 5.